The summed E-state index contributed by atoms with van der Waals surface area (Å²) >= 11 is 0.587. The quantitative estimate of drug-likeness (QED) is 0.680. The predicted molar refractivity (Wildman–Crippen MR) is 98.8 cm³/mol. The van der Waals surface area contributed by atoms with E-state index in [-0.39, 0.29) is 16.7 Å². The largest absolute Gasteiger partial charge is 0.331 e. The van der Waals surface area contributed by atoms with Crippen LogP contribution in [0.25, 0.3) is 0 Å². The van der Waals surface area contributed by atoms with Gasteiger partial charge in [0.25, 0.3) is 18.2 Å². The van der Waals surface area contributed by atoms with Crippen LogP contribution in [0, 0.1) is 6.92 Å². The standard InChI is InChI=1S/C17H15F2N7O2S/c1-9-11(14(27)21-17-23-22-15(29-17)13(18)19)24-26-6-5-25(16(28)12(9)26)8-10-3-2-4-20-7-10/h2-4,7,13H,5-6,8H2,1H3,(H,21,23,27). The van der Waals surface area contributed by atoms with Crippen molar-refractivity contribution in [2.75, 3.05) is 11.9 Å². The van der Waals surface area contributed by atoms with E-state index < -0.39 is 17.3 Å². The first kappa shape index (κ1) is 19.1. The Kier molecular flexibility index (Phi) is 5.01. The molecule has 1 N–H and O–H groups in total. The molecule has 0 aromatic carbocycles. The van der Waals surface area contributed by atoms with E-state index in [4.69, 9.17) is 0 Å². The molecule has 0 saturated carbocycles. The number of alkyl halides is 2. The number of fused-ring (bicyclic) bond motifs is 1. The number of hydrogen-bond acceptors (Lipinski definition) is 7. The Labute approximate surface area is 167 Å². The van der Waals surface area contributed by atoms with E-state index in [0.29, 0.717) is 42.2 Å². The summed E-state index contributed by atoms with van der Waals surface area (Å²) in [7, 11) is 0. The lowest BCUT2D eigenvalue weighted by Gasteiger charge is -2.27. The first-order valence-electron chi connectivity index (χ1n) is 8.62. The number of hydrogen-bond donors (Lipinski definition) is 1. The number of anilines is 1. The van der Waals surface area contributed by atoms with Gasteiger partial charge in [-0.1, -0.05) is 17.4 Å². The number of rotatable bonds is 5. The van der Waals surface area contributed by atoms with Gasteiger partial charge >= 0.3 is 0 Å². The van der Waals surface area contributed by atoms with Gasteiger partial charge in [0.1, 0.15) is 5.69 Å². The number of amides is 2. The van der Waals surface area contributed by atoms with Crippen molar-refractivity contribution in [3.8, 4) is 0 Å². The van der Waals surface area contributed by atoms with Crippen LogP contribution in [0.3, 0.4) is 0 Å². The maximum atomic E-state index is 12.9. The summed E-state index contributed by atoms with van der Waals surface area (Å²) in [5.74, 6) is -0.868. The van der Waals surface area contributed by atoms with Gasteiger partial charge < -0.3 is 4.90 Å². The summed E-state index contributed by atoms with van der Waals surface area (Å²) in [4.78, 5) is 31.2. The summed E-state index contributed by atoms with van der Waals surface area (Å²) in [5.41, 5.74) is 1.69. The Bertz CT molecular complexity index is 1070. The summed E-state index contributed by atoms with van der Waals surface area (Å²) in [6.45, 7) is 2.91. The number of aromatic nitrogens is 5. The van der Waals surface area contributed by atoms with Crippen LogP contribution in [0.4, 0.5) is 13.9 Å². The molecular formula is C17H15F2N7O2S. The van der Waals surface area contributed by atoms with Crippen molar-refractivity contribution in [2.45, 2.75) is 26.4 Å². The summed E-state index contributed by atoms with van der Waals surface area (Å²) in [6, 6.07) is 3.68. The molecule has 1 aliphatic heterocycles. The molecule has 1 aliphatic rings. The molecule has 0 unspecified atom stereocenters. The van der Waals surface area contributed by atoms with Crippen LogP contribution < -0.4 is 5.32 Å². The third-order valence-corrected chi connectivity index (χ3v) is 5.27. The van der Waals surface area contributed by atoms with Gasteiger partial charge in [-0.3, -0.25) is 24.6 Å². The number of carbonyl (C=O) groups excluding carboxylic acids is 2. The summed E-state index contributed by atoms with van der Waals surface area (Å²) in [6.07, 6.45) is 0.595. The molecule has 0 fully saturated rings. The van der Waals surface area contributed by atoms with E-state index in [1.807, 2.05) is 6.07 Å². The van der Waals surface area contributed by atoms with Gasteiger partial charge in [0.15, 0.2) is 10.7 Å². The maximum Gasteiger partial charge on any atom is 0.291 e. The third kappa shape index (κ3) is 3.70. The average Bonchev–Trinajstić information content (AvgIpc) is 3.30. The van der Waals surface area contributed by atoms with Gasteiger partial charge in [-0.2, -0.15) is 5.10 Å². The van der Waals surface area contributed by atoms with E-state index in [0.717, 1.165) is 5.56 Å². The zero-order valence-electron chi connectivity index (χ0n) is 15.2. The van der Waals surface area contributed by atoms with Gasteiger partial charge in [-0.15, -0.1) is 10.2 Å². The van der Waals surface area contributed by atoms with Gasteiger partial charge in [-0.25, -0.2) is 8.78 Å². The highest BCUT2D eigenvalue weighted by atomic mass is 32.1. The van der Waals surface area contributed by atoms with Crippen LogP contribution in [-0.2, 0) is 13.1 Å². The minimum absolute atomic E-state index is 0.0466. The minimum atomic E-state index is -2.76. The molecule has 12 heteroatoms. The third-order valence-electron chi connectivity index (χ3n) is 4.42. The van der Waals surface area contributed by atoms with Crippen molar-refractivity contribution in [3.05, 3.63) is 52.0 Å². The molecule has 0 saturated heterocycles. The number of carbonyl (C=O) groups is 2. The fourth-order valence-corrected chi connectivity index (χ4v) is 3.65. The normalized spacial score (nSPS) is 13.7. The van der Waals surface area contributed by atoms with Crippen LogP contribution in [0.15, 0.2) is 24.5 Å². The lowest BCUT2D eigenvalue weighted by Crippen LogP contribution is -2.40. The minimum Gasteiger partial charge on any atom is -0.331 e. The fraction of sp³-hybridized carbons (Fsp3) is 0.294. The molecular weight excluding hydrogens is 404 g/mol. The maximum absolute atomic E-state index is 12.9. The SMILES string of the molecule is Cc1c(C(=O)Nc2nnc(C(F)F)s2)nn2c1C(=O)N(Cc1cccnc1)CC2. The van der Waals surface area contributed by atoms with E-state index in [9.17, 15) is 18.4 Å². The monoisotopic (exact) mass is 419 g/mol. The Hall–Kier alpha value is -3.28. The number of pyridine rings is 1. The second kappa shape index (κ2) is 7.62. The van der Waals surface area contributed by atoms with Crippen LogP contribution in [-0.4, -0.2) is 48.2 Å². The van der Waals surface area contributed by atoms with E-state index in [1.54, 1.807) is 30.3 Å². The van der Waals surface area contributed by atoms with Crippen molar-refractivity contribution in [2.24, 2.45) is 0 Å². The van der Waals surface area contributed by atoms with Gasteiger partial charge in [0.05, 0.1) is 6.54 Å². The molecule has 0 bridgehead atoms. The zero-order valence-corrected chi connectivity index (χ0v) is 16.0. The highest BCUT2D eigenvalue weighted by molar-refractivity contribution is 7.15. The highest BCUT2D eigenvalue weighted by Crippen LogP contribution is 2.26. The first-order valence-corrected chi connectivity index (χ1v) is 9.44. The topological polar surface area (TPSA) is 106 Å². The van der Waals surface area contributed by atoms with Crippen molar-refractivity contribution >= 4 is 28.3 Å². The molecule has 0 atom stereocenters. The van der Waals surface area contributed by atoms with Crippen LogP contribution in [0.5, 0.6) is 0 Å². The van der Waals surface area contributed by atoms with E-state index in [2.05, 4.69) is 25.6 Å². The molecule has 3 aromatic heterocycles. The number of nitrogens with one attached hydrogen (secondary N) is 1. The first-order chi connectivity index (χ1) is 13.9. The number of halogens is 2. The molecule has 9 nitrogen and oxygen atoms in total. The van der Waals surface area contributed by atoms with E-state index in [1.165, 1.54) is 4.68 Å². The molecule has 3 aromatic rings. The molecule has 4 rings (SSSR count). The molecule has 2 amide bonds. The number of nitrogens with zero attached hydrogens (tertiary/aromatic N) is 6. The second-order valence-electron chi connectivity index (χ2n) is 6.33. The average molecular weight is 419 g/mol. The molecule has 4 heterocycles. The molecule has 0 spiro atoms. The van der Waals surface area contributed by atoms with Crippen molar-refractivity contribution in [1.29, 1.82) is 0 Å². The molecule has 0 radical (unpaired) electrons. The van der Waals surface area contributed by atoms with Crippen LogP contribution >= 0.6 is 11.3 Å². The molecule has 150 valence electrons. The van der Waals surface area contributed by atoms with E-state index >= 15 is 0 Å². The van der Waals surface area contributed by atoms with Gasteiger partial charge in [0, 0.05) is 31.0 Å². The van der Waals surface area contributed by atoms with Crippen molar-refractivity contribution in [1.82, 2.24) is 29.9 Å². The lowest BCUT2D eigenvalue weighted by molar-refractivity contribution is 0.0682. The lowest BCUT2D eigenvalue weighted by atomic mass is 10.1. The Morgan fingerprint density at radius 2 is 2.17 bits per heavy atom. The summed E-state index contributed by atoms with van der Waals surface area (Å²) < 4.78 is 26.8. The highest BCUT2D eigenvalue weighted by Gasteiger charge is 2.31. The predicted octanol–water partition coefficient (Wildman–Crippen LogP) is 2.28. The Morgan fingerprint density at radius 3 is 2.86 bits per heavy atom. The second-order valence-corrected chi connectivity index (χ2v) is 7.34. The molecule has 29 heavy (non-hydrogen) atoms. The van der Waals surface area contributed by atoms with Gasteiger partial charge in [0.2, 0.25) is 5.13 Å². The smallest absolute Gasteiger partial charge is 0.291 e. The van der Waals surface area contributed by atoms with Crippen molar-refractivity contribution in [3.63, 3.8) is 0 Å². The van der Waals surface area contributed by atoms with Crippen LogP contribution in [0.2, 0.25) is 0 Å². The van der Waals surface area contributed by atoms with Crippen molar-refractivity contribution < 1.29 is 18.4 Å². The van der Waals surface area contributed by atoms with Crippen LogP contribution in [0.1, 0.15) is 43.5 Å². The summed E-state index contributed by atoms with van der Waals surface area (Å²) in [5, 5.41) is 13.0. The molecule has 0 aliphatic carbocycles. The fourth-order valence-electron chi connectivity index (χ4n) is 3.06. The Balaban J connectivity index is 1.54. The van der Waals surface area contributed by atoms with Gasteiger partial charge in [-0.05, 0) is 18.6 Å². The zero-order chi connectivity index (χ0) is 20.5. The Morgan fingerprint density at radius 1 is 1.34 bits per heavy atom.